The number of nitrogens with one attached hydrogen (secondary N) is 1. The third-order valence-electron chi connectivity index (χ3n) is 11.3. The number of carbonyl (C=O) groups excluding carboxylic acids is 4. The summed E-state index contributed by atoms with van der Waals surface area (Å²) in [6.07, 6.45) is 2.52. The minimum atomic E-state index is -1.02. The average Bonchev–Trinajstić information content (AvgIpc) is 3.35. The molecule has 0 aliphatic carbocycles. The number of hydrogen-bond donors (Lipinski definition) is 2. The van der Waals surface area contributed by atoms with E-state index in [2.05, 4.69) is 15.1 Å². The number of anilines is 1. The lowest BCUT2D eigenvalue weighted by atomic mass is 10.00. The van der Waals surface area contributed by atoms with Crippen LogP contribution in [0.25, 0.3) is 0 Å². The Morgan fingerprint density at radius 3 is 2.22 bits per heavy atom. The zero-order valence-corrected chi connectivity index (χ0v) is 33.5. The number of phenolic OH excluding ortho intramolecular Hbond substituents is 1. The number of aryl methyl sites for hydroxylation is 2. The molecule has 0 aromatic heterocycles. The van der Waals surface area contributed by atoms with Crippen molar-refractivity contribution in [3.8, 4) is 5.75 Å². The van der Waals surface area contributed by atoms with Crippen molar-refractivity contribution in [3.05, 3.63) is 58.7 Å². The van der Waals surface area contributed by atoms with Crippen molar-refractivity contribution in [2.24, 2.45) is 0 Å². The van der Waals surface area contributed by atoms with Crippen molar-refractivity contribution in [3.63, 3.8) is 0 Å². The van der Waals surface area contributed by atoms with Crippen molar-refractivity contribution >= 4 is 52.7 Å². The lowest BCUT2D eigenvalue weighted by Gasteiger charge is -2.43. The van der Waals surface area contributed by atoms with Crippen LogP contribution in [-0.4, -0.2) is 150 Å². The molecule has 4 amide bonds. The van der Waals surface area contributed by atoms with Gasteiger partial charge in [0.1, 0.15) is 35.4 Å². The second-order valence-electron chi connectivity index (χ2n) is 14.8. The molecule has 0 bridgehead atoms. The number of esters is 1. The molecule has 4 aliphatic rings. The molecule has 2 aromatic carbocycles. The Morgan fingerprint density at radius 2 is 1.54 bits per heavy atom. The molecule has 4 aliphatic heterocycles. The molecule has 14 nitrogen and oxygen atoms in total. The maximum atomic E-state index is 14.2. The van der Waals surface area contributed by atoms with Gasteiger partial charge in [0.2, 0.25) is 0 Å². The molecule has 6 rings (SSSR count). The summed E-state index contributed by atoms with van der Waals surface area (Å²) >= 11 is 1.78. The van der Waals surface area contributed by atoms with Gasteiger partial charge in [-0.05, 0) is 74.3 Å². The van der Waals surface area contributed by atoms with Crippen LogP contribution in [0, 0.1) is 13.8 Å². The monoisotopic (exact) mass is 860 g/mol. The number of benzene rings is 2. The summed E-state index contributed by atoms with van der Waals surface area (Å²) in [5, 5.41) is 13.4. The smallest absolute Gasteiger partial charge is 0.410 e. The van der Waals surface area contributed by atoms with Gasteiger partial charge >= 0.3 is 18.1 Å². The van der Waals surface area contributed by atoms with E-state index in [0.717, 1.165) is 62.3 Å². The first kappa shape index (κ1) is 40.0. The molecule has 2 N–H and O–H groups in total. The van der Waals surface area contributed by atoms with Gasteiger partial charge < -0.3 is 37.7 Å². The Balaban J connectivity index is 1.03. The third kappa shape index (κ3) is 10.1. The molecule has 0 unspecified atom stereocenters. The highest BCUT2D eigenvalue weighted by Crippen LogP contribution is 2.27. The van der Waals surface area contributed by atoms with E-state index in [0.29, 0.717) is 69.3 Å². The predicted octanol–water partition coefficient (Wildman–Crippen LogP) is 4.13. The lowest BCUT2D eigenvalue weighted by Crippen LogP contribution is -2.57. The van der Waals surface area contributed by atoms with Gasteiger partial charge in [-0.3, -0.25) is 19.4 Å². The molecule has 3 saturated heterocycles. The number of hydrogen-bond acceptors (Lipinski definition) is 10. The number of rotatable bonds is 11. The summed E-state index contributed by atoms with van der Waals surface area (Å²) in [5.74, 6) is -0.240. The minimum Gasteiger partial charge on any atom is -0.507 e. The summed E-state index contributed by atoms with van der Waals surface area (Å²) < 4.78 is 16.2. The standard InChI is InChI=1S/C39H53IN6O8/c1-27-23-29(24-28(2)36(27)48)25-34(37(49)44-19-17-43(18-20-44)31-8-12-42(13-9-31)26-35(47)52-21-22-53-40)54-39(51)45-14-10-32(11-15-45)46-16-7-30-5-3-4-6-33(30)41-38(46)50/h3-6,23-24,31-32,34,48H,7-22,25-26H2,1-2H3,(H,41,50)/t34-/m1/s1. The van der Waals surface area contributed by atoms with Gasteiger partial charge in [-0.15, -0.1) is 0 Å². The Kier molecular flexibility index (Phi) is 13.9. The summed E-state index contributed by atoms with van der Waals surface area (Å²) in [4.78, 5) is 63.0. The number of likely N-dealkylation sites (tertiary alicyclic amines) is 2. The number of nitrogens with zero attached hydrogens (tertiary/aromatic N) is 5. The number of fused-ring (bicyclic) bond motifs is 1. The topological polar surface area (TPSA) is 144 Å². The van der Waals surface area contributed by atoms with Crippen molar-refractivity contribution in [2.75, 3.05) is 84.0 Å². The third-order valence-corrected chi connectivity index (χ3v) is 11.7. The summed E-state index contributed by atoms with van der Waals surface area (Å²) in [7, 11) is 0. The molecule has 294 valence electrons. The SMILES string of the molecule is Cc1cc(C[C@@H](OC(=O)N2CCC(N3CCc4ccccc4NC3=O)CC2)C(=O)N2CCN(C3CCN(CC(=O)OCCOI)CC3)CC2)cc(C)c1O. The van der Waals surface area contributed by atoms with Crippen LogP contribution in [0.15, 0.2) is 36.4 Å². The van der Waals surface area contributed by atoms with Gasteiger partial charge in [-0.25, -0.2) is 9.59 Å². The molecular weight excluding hydrogens is 807 g/mol. The van der Waals surface area contributed by atoms with E-state index in [1.165, 1.54) is 0 Å². The fourth-order valence-corrected chi connectivity index (χ4v) is 8.40. The van der Waals surface area contributed by atoms with Crippen LogP contribution in [0.4, 0.5) is 15.3 Å². The van der Waals surface area contributed by atoms with E-state index in [1.54, 1.807) is 32.8 Å². The summed E-state index contributed by atoms with van der Waals surface area (Å²) in [6, 6.07) is 11.8. The molecule has 0 saturated carbocycles. The molecular formula is C39H53IN6O8. The second-order valence-corrected chi connectivity index (χ2v) is 15.4. The van der Waals surface area contributed by atoms with Crippen LogP contribution in [0.2, 0.25) is 0 Å². The van der Waals surface area contributed by atoms with E-state index >= 15 is 0 Å². The normalized spacial score (nSPS) is 19.8. The number of urea groups is 1. The maximum Gasteiger partial charge on any atom is 0.410 e. The van der Waals surface area contributed by atoms with Crippen molar-refractivity contribution in [1.29, 1.82) is 0 Å². The zero-order valence-electron chi connectivity index (χ0n) is 31.3. The van der Waals surface area contributed by atoms with Crippen molar-refractivity contribution < 1.29 is 36.8 Å². The number of aromatic hydroxyl groups is 1. The molecule has 1 atom stereocenters. The molecule has 2 aromatic rings. The summed E-state index contributed by atoms with van der Waals surface area (Å²) in [5.41, 5.74) is 4.17. The Bertz CT molecular complexity index is 1620. The van der Waals surface area contributed by atoms with Crippen molar-refractivity contribution in [2.45, 2.75) is 70.6 Å². The van der Waals surface area contributed by atoms with E-state index in [1.807, 2.05) is 55.1 Å². The molecule has 0 radical (unpaired) electrons. The van der Waals surface area contributed by atoms with Crippen LogP contribution < -0.4 is 5.32 Å². The molecule has 15 heteroatoms. The minimum absolute atomic E-state index is 0.00498. The highest BCUT2D eigenvalue weighted by Gasteiger charge is 2.36. The number of phenols is 1. The first-order chi connectivity index (χ1) is 26.1. The number of piperazine rings is 1. The number of para-hydroxylation sites is 1. The van der Waals surface area contributed by atoms with Gasteiger partial charge in [0.15, 0.2) is 6.10 Å². The van der Waals surface area contributed by atoms with Crippen LogP contribution in [0.3, 0.4) is 0 Å². The number of ether oxygens (including phenoxy) is 2. The first-order valence-corrected chi connectivity index (χ1v) is 20.0. The van der Waals surface area contributed by atoms with Gasteiger partial charge in [-0.1, -0.05) is 30.3 Å². The van der Waals surface area contributed by atoms with E-state index in [4.69, 9.17) is 12.5 Å². The molecule has 3 fully saturated rings. The summed E-state index contributed by atoms with van der Waals surface area (Å²) in [6.45, 7) is 10.1. The predicted molar refractivity (Wildman–Crippen MR) is 211 cm³/mol. The van der Waals surface area contributed by atoms with Crippen molar-refractivity contribution in [1.82, 2.24) is 24.5 Å². The molecule has 54 heavy (non-hydrogen) atoms. The quantitative estimate of drug-likeness (QED) is 0.193. The number of carbonyl (C=O) groups is 4. The fourth-order valence-electron chi connectivity index (χ4n) is 8.22. The fraction of sp³-hybridized carbons (Fsp3) is 0.590. The average molecular weight is 861 g/mol. The number of piperidine rings is 2. The van der Waals surface area contributed by atoms with E-state index < -0.39 is 12.2 Å². The van der Waals surface area contributed by atoms with Gasteiger partial charge in [-0.2, -0.15) is 0 Å². The number of halogens is 1. The van der Waals surface area contributed by atoms with Gasteiger partial charge in [0, 0.05) is 83.1 Å². The van der Waals surface area contributed by atoms with Gasteiger partial charge in [0.05, 0.1) is 13.2 Å². The Labute approximate surface area is 331 Å². The zero-order chi connectivity index (χ0) is 38.2. The number of amides is 4. The maximum absolute atomic E-state index is 14.2. The first-order valence-electron chi connectivity index (χ1n) is 19.1. The highest BCUT2D eigenvalue weighted by atomic mass is 127. The van der Waals surface area contributed by atoms with Crippen LogP contribution in [0.5, 0.6) is 5.75 Å². The van der Waals surface area contributed by atoms with Gasteiger partial charge in [0.25, 0.3) is 5.91 Å². The Hall–Kier alpha value is -3.67. The van der Waals surface area contributed by atoms with Crippen LogP contribution in [-0.2, 0) is 35.0 Å². The van der Waals surface area contributed by atoms with E-state index in [-0.39, 0.29) is 49.3 Å². The largest absolute Gasteiger partial charge is 0.507 e. The van der Waals surface area contributed by atoms with E-state index in [9.17, 15) is 24.3 Å². The van der Waals surface area contributed by atoms with Crippen LogP contribution in [0.1, 0.15) is 47.9 Å². The molecule has 4 heterocycles. The highest BCUT2D eigenvalue weighted by molar-refractivity contribution is 14.1. The second kappa shape index (κ2) is 18.8. The molecule has 0 spiro atoms. The lowest BCUT2D eigenvalue weighted by molar-refractivity contribution is -0.145. The van der Waals surface area contributed by atoms with Crippen LogP contribution >= 0.6 is 23.0 Å². The Morgan fingerprint density at radius 1 is 0.870 bits per heavy atom.